The van der Waals surface area contributed by atoms with Gasteiger partial charge in [-0.1, -0.05) is 0 Å². The third kappa shape index (κ3) is 3.17. The largest absolute Gasteiger partial charge is 0.490 e. The second-order valence-electron chi connectivity index (χ2n) is 2.81. The van der Waals surface area contributed by atoms with Crippen LogP contribution in [-0.2, 0) is 4.79 Å². The number of carbonyl (C=O) groups is 1. The lowest BCUT2D eigenvalue weighted by Gasteiger charge is -2.09. The number of benzene rings is 1. The van der Waals surface area contributed by atoms with Crippen molar-refractivity contribution in [2.75, 3.05) is 6.61 Å². The smallest absolute Gasteiger partial charge is 0.249 e. The predicted molar refractivity (Wildman–Crippen MR) is 47.1 cm³/mol. The average molecular weight is 217 g/mol. The Balaban J connectivity index is 2.58. The molecule has 0 saturated carbocycles. The van der Waals surface area contributed by atoms with Gasteiger partial charge in [-0.25, -0.2) is 8.78 Å². The molecule has 1 aromatic rings. The summed E-state index contributed by atoms with van der Waals surface area (Å²) in [7, 11) is 0. The molecular formula is C9H9F2NO3. The van der Waals surface area contributed by atoms with Crippen molar-refractivity contribution in [3.63, 3.8) is 0 Å². The average Bonchev–Trinajstić information content (AvgIpc) is 2.19. The zero-order valence-corrected chi connectivity index (χ0v) is 7.61. The van der Waals surface area contributed by atoms with Gasteiger partial charge in [0, 0.05) is 6.07 Å². The number of rotatable bonds is 4. The molecule has 15 heavy (non-hydrogen) atoms. The monoisotopic (exact) mass is 217 g/mol. The summed E-state index contributed by atoms with van der Waals surface area (Å²) in [5, 5.41) is 8.94. The van der Waals surface area contributed by atoms with Gasteiger partial charge in [0.25, 0.3) is 0 Å². The molecule has 4 nitrogen and oxygen atoms in total. The van der Waals surface area contributed by atoms with Gasteiger partial charge in [0.15, 0.2) is 17.7 Å². The predicted octanol–water partition coefficient (Wildman–Crippen LogP) is 0.190. The van der Waals surface area contributed by atoms with Crippen molar-refractivity contribution >= 4 is 5.91 Å². The molecule has 1 aromatic carbocycles. The highest BCUT2D eigenvalue weighted by molar-refractivity contribution is 5.78. The zero-order chi connectivity index (χ0) is 11.4. The highest BCUT2D eigenvalue weighted by Gasteiger charge is 2.12. The maximum absolute atomic E-state index is 12.7. The number of primary amides is 1. The van der Waals surface area contributed by atoms with Crippen molar-refractivity contribution in [3.05, 3.63) is 29.8 Å². The first kappa shape index (κ1) is 11.4. The van der Waals surface area contributed by atoms with Crippen LogP contribution in [0.25, 0.3) is 0 Å². The van der Waals surface area contributed by atoms with Gasteiger partial charge in [-0.05, 0) is 12.1 Å². The van der Waals surface area contributed by atoms with Crippen LogP contribution in [0.3, 0.4) is 0 Å². The molecule has 0 aliphatic heterocycles. The summed E-state index contributed by atoms with van der Waals surface area (Å²) in [5.41, 5.74) is 4.75. The first-order valence-corrected chi connectivity index (χ1v) is 4.06. The van der Waals surface area contributed by atoms with E-state index < -0.39 is 30.3 Å². The Labute approximate surface area is 84.3 Å². The van der Waals surface area contributed by atoms with E-state index in [0.29, 0.717) is 0 Å². The van der Waals surface area contributed by atoms with E-state index in [-0.39, 0.29) is 5.75 Å². The van der Waals surface area contributed by atoms with E-state index in [9.17, 15) is 13.6 Å². The SMILES string of the molecule is NC(=O)C(O)COc1ccc(F)c(F)c1. The third-order valence-corrected chi connectivity index (χ3v) is 1.63. The van der Waals surface area contributed by atoms with E-state index in [1.54, 1.807) is 0 Å². The quantitative estimate of drug-likeness (QED) is 0.756. The molecule has 0 fully saturated rings. The Morgan fingerprint density at radius 2 is 2.13 bits per heavy atom. The molecular weight excluding hydrogens is 208 g/mol. The summed E-state index contributed by atoms with van der Waals surface area (Å²) in [6.45, 7) is -0.402. The van der Waals surface area contributed by atoms with Crippen LogP contribution in [0.15, 0.2) is 18.2 Å². The van der Waals surface area contributed by atoms with E-state index in [2.05, 4.69) is 0 Å². The summed E-state index contributed by atoms with van der Waals surface area (Å²) >= 11 is 0. The van der Waals surface area contributed by atoms with Crippen molar-refractivity contribution in [2.24, 2.45) is 5.73 Å². The Morgan fingerprint density at radius 3 is 2.67 bits per heavy atom. The minimum Gasteiger partial charge on any atom is -0.490 e. The molecule has 0 radical (unpaired) electrons. The van der Waals surface area contributed by atoms with Crippen LogP contribution in [0.4, 0.5) is 8.78 Å². The molecule has 1 rings (SSSR count). The molecule has 6 heteroatoms. The van der Waals surface area contributed by atoms with Gasteiger partial charge in [0.2, 0.25) is 5.91 Å². The summed E-state index contributed by atoms with van der Waals surface area (Å²) in [5.74, 6) is -3.01. The Bertz CT molecular complexity index is 370. The topological polar surface area (TPSA) is 72.6 Å². The molecule has 82 valence electrons. The molecule has 0 saturated heterocycles. The second-order valence-corrected chi connectivity index (χ2v) is 2.81. The van der Waals surface area contributed by atoms with Crippen LogP contribution >= 0.6 is 0 Å². The van der Waals surface area contributed by atoms with Gasteiger partial charge in [-0.3, -0.25) is 4.79 Å². The van der Waals surface area contributed by atoms with Gasteiger partial charge in [-0.15, -0.1) is 0 Å². The summed E-state index contributed by atoms with van der Waals surface area (Å²) in [6, 6.07) is 2.86. The van der Waals surface area contributed by atoms with Gasteiger partial charge >= 0.3 is 0 Å². The highest BCUT2D eigenvalue weighted by atomic mass is 19.2. The maximum atomic E-state index is 12.7. The Hall–Kier alpha value is -1.69. The van der Waals surface area contributed by atoms with E-state index in [1.165, 1.54) is 6.07 Å². The van der Waals surface area contributed by atoms with Crippen LogP contribution in [0.1, 0.15) is 0 Å². The number of aliphatic hydroxyl groups is 1. The molecule has 0 aliphatic carbocycles. The van der Waals surface area contributed by atoms with Crippen molar-refractivity contribution in [2.45, 2.75) is 6.10 Å². The lowest BCUT2D eigenvalue weighted by Crippen LogP contribution is -2.33. The number of hydrogen-bond acceptors (Lipinski definition) is 3. The van der Waals surface area contributed by atoms with E-state index >= 15 is 0 Å². The van der Waals surface area contributed by atoms with Crippen LogP contribution in [-0.4, -0.2) is 23.7 Å². The highest BCUT2D eigenvalue weighted by Crippen LogP contribution is 2.15. The van der Waals surface area contributed by atoms with Crippen LogP contribution in [0, 0.1) is 11.6 Å². The third-order valence-electron chi connectivity index (χ3n) is 1.63. The number of halogens is 2. The van der Waals surface area contributed by atoms with Crippen LogP contribution in [0.5, 0.6) is 5.75 Å². The minimum atomic E-state index is -1.47. The fourth-order valence-electron chi connectivity index (χ4n) is 0.824. The Kier molecular flexibility index (Phi) is 3.56. The van der Waals surface area contributed by atoms with Crippen LogP contribution in [0.2, 0.25) is 0 Å². The van der Waals surface area contributed by atoms with E-state index in [1.807, 2.05) is 0 Å². The van der Waals surface area contributed by atoms with Gasteiger partial charge in [-0.2, -0.15) is 0 Å². The lowest BCUT2D eigenvalue weighted by atomic mass is 10.3. The number of amides is 1. The fourth-order valence-corrected chi connectivity index (χ4v) is 0.824. The standard InChI is InChI=1S/C9H9F2NO3/c10-6-2-1-5(3-7(6)11)15-4-8(13)9(12)14/h1-3,8,13H,4H2,(H2,12,14). The normalized spacial score (nSPS) is 12.2. The molecule has 1 amide bonds. The molecule has 0 aliphatic rings. The van der Waals surface area contributed by atoms with E-state index in [4.69, 9.17) is 15.6 Å². The second kappa shape index (κ2) is 4.70. The van der Waals surface area contributed by atoms with Gasteiger partial charge in [0.1, 0.15) is 12.4 Å². The fraction of sp³-hybridized carbons (Fsp3) is 0.222. The number of ether oxygens (including phenoxy) is 1. The first-order chi connectivity index (χ1) is 7.00. The molecule has 0 spiro atoms. The first-order valence-electron chi connectivity index (χ1n) is 4.06. The lowest BCUT2D eigenvalue weighted by molar-refractivity contribution is -0.127. The molecule has 1 unspecified atom stereocenters. The summed E-state index contributed by atoms with van der Waals surface area (Å²) in [4.78, 5) is 10.4. The molecule has 0 aromatic heterocycles. The molecule has 3 N–H and O–H groups in total. The number of nitrogens with two attached hydrogens (primary N) is 1. The van der Waals surface area contributed by atoms with Crippen molar-refractivity contribution < 1.29 is 23.4 Å². The number of carbonyl (C=O) groups excluding carboxylic acids is 1. The minimum absolute atomic E-state index is 0.00852. The molecule has 0 heterocycles. The van der Waals surface area contributed by atoms with Gasteiger partial charge < -0.3 is 15.6 Å². The zero-order valence-electron chi connectivity index (χ0n) is 7.61. The number of hydrogen-bond donors (Lipinski definition) is 2. The molecule has 1 atom stereocenters. The summed E-state index contributed by atoms with van der Waals surface area (Å²) < 4.78 is 29.9. The maximum Gasteiger partial charge on any atom is 0.249 e. The Morgan fingerprint density at radius 1 is 1.47 bits per heavy atom. The van der Waals surface area contributed by atoms with Crippen molar-refractivity contribution in [1.82, 2.24) is 0 Å². The van der Waals surface area contributed by atoms with E-state index in [0.717, 1.165) is 12.1 Å². The van der Waals surface area contributed by atoms with Gasteiger partial charge in [0.05, 0.1) is 0 Å². The van der Waals surface area contributed by atoms with Crippen molar-refractivity contribution in [1.29, 1.82) is 0 Å². The van der Waals surface area contributed by atoms with Crippen molar-refractivity contribution in [3.8, 4) is 5.75 Å². The summed E-state index contributed by atoms with van der Waals surface area (Å²) in [6.07, 6.45) is -1.47. The number of aliphatic hydroxyl groups excluding tert-OH is 1. The molecule has 0 bridgehead atoms. The van der Waals surface area contributed by atoms with Crippen LogP contribution < -0.4 is 10.5 Å².